The van der Waals surface area contributed by atoms with E-state index in [1.807, 2.05) is 19.0 Å². The number of aryl methyl sites for hydroxylation is 2. The van der Waals surface area contributed by atoms with Gasteiger partial charge in [0.25, 0.3) is 11.7 Å². The fourth-order valence-electron chi connectivity index (χ4n) is 3.69. The van der Waals surface area contributed by atoms with Crippen molar-refractivity contribution in [1.82, 2.24) is 19.6 Å². The smallest absolute Gasteiger partial charge is 0.295 e. The van der Waals surface area contributed by atoms with Crippen LogP contribution < -0.4 is 0 Å². The monoisotopic (exact) mass is 400 g/mol. The van der Waals surface area contributed by atoms with Gasteiger partial charge in [-0.15, -0.1) is 0 Å². The fraction of sp³-hybridized carbons (Fsp3) is 0.381. The number of carbonyl (C=O) groups excluding carboxylic acids is 2. The molecule has 0 saturated carbocycles. The van der Waals surface area contributed by atoms with Crippen LogP contribution in [0.25, 0.3) is 5.76 Å². The van der Waals surface area contributed by atoms with Gasteiger partial charge in [-0.25, -0.2) is 4.39 Å². The number of amides is 1. The van der Waals surface area contributed by atoms with Gasteiger partial charge in [0.2, 0.25) is 0 Å². The molecule has 2 aromatic rings. The van der Waals surface area contributed by atoms with Crippen LogP contribution in [0.15, 0.2) is 29.8 Å². The average Bonchev–Trinajstić information content (AvgIpc) is 3.06. The lowest BCUT2D eigenvalue weighted by Gasteiger charge is -2.26. The summed E-state index contributed by atoms with van der Waals surface area (Å²) < 4.78 is 16.3. The van der Waals surface area contributed by atoms with E-state index in [0.29, 0.717) is 23.5 Å². The fourth-order valence-corrected chi connectivity index (χ4v) is 3.69. The molecule has 1 aliphatic rings. The van der Waals surface area contributed by atoms with Gasteiger partial charge >= 0.3 is 0 Å². The zero-order chi connectivity index (χ0) is 21.5. The van der Waals surface area contributed by atoms with Crippen LogP contribution in [-0.2, 0) is 16.6 Å². The first kappa shape index (κ1) is 20.7. The molecular weight excluding hydrogens is 375 g/mol. The van der Waals surface area contributed by atoms with Crippen LogP contribution in [-0.4, -0.2) is 63.6 Å². The lowest BCUT2D eigenvalue weighted by molar-refractivity contribution is -0.140. The molecule has 1 aliphatic heterocycles. The molecule has 154 valence electrons. The van der Waals surface area contributed by atoms with Gasteiger partial charge in [-0.1, -0.05) is 18.2 Å². The van der Waals surface area contributed by atoms with Crippen LogP contribution in [0, 0.1) is 19.7 Å². The number of nitrogens with zero attached hydrogens (tertiary/aromatic N) is 4. The Kier molecular flexibility index (Phi) is 5.57. The Labute approximate surface area is 169 Å². The van der Waals surface area contributed by atoms with E-state index in [-0.39, 0.29) is 23.4 Å². The molecule has 1 fully saturated rings. The van der Waals surface area contributed by atoms with E-state index in [2.05, 4.69) is 5.10 Å². The maximum absolute atomic E-state index is 14.7. The number of aliphatic hydroxyl groups excluding tert-OH is 1. The Bertz CT molecular complexity index is 1010. The number of carbonyl (C=O) groups is 2. The molecule has 0 bridgehead atoms. The molecular formula is C21H25FN4O3. The van der Waals surface area contributed by atoms with Gasteiger partial charge in [0, 0.05) is 31.4 Å². The zero-order valence-corrected chi connectivity index (χ0v) is 17.2. The van der Waals surface area contributed by atoms with E-state index >= 15 is 0 Å². The first-order valence-corrected chi connectivity index (χ1v) is 9.33. The van der Waals surface area contributed by atoms with Crippen molar-refractivity contribution in [3.63, 3.8) is 0 Å². The first-order chi connectivity index (χ1) is 13.6. The number of aromatic nitrogens is 2. The number of likely N-dealkylation sites (tertiary alicyclic amines) is 1. The lowest BCUT2D eigenvalue weighted by Crippen LogP contribution is -2.35. The predicted octanol–water partition coefficient (Wildman–Crippen LogP) is 2.16. The third-order valence-corrected chi connectivity index (χ3v) is 5.27. The number of halogens is 1. The summed E-state index contributed by atoms with van der Waals surface area (Å²) in [4.78, 5) is 28.9. The van der Waals surface area contributed by atoms with Crippen LogP contribution in [0.3, 0.4) is 0 Å². The highest BCUT2D eigenvalue weighted by atomic mass is 19.1. The predicted molar refractivity (Wildman–Crippen MR) is 107 cm³/mol. The highest BCUT2D eigenvalue weighted by molar-refractivity contribution is 6.46. The Morgan fingerprint density at radius 2 is 1.90 bits per heavy atom. The van der Waals surface area contributed by atoms with Crippen LogP contribution in [0.2, 0.25) is 0 Å². The van der Waals surface area contributed by atoms with E-state index in [9.17, 15) is 19.1 Å². The Balaban J connectivity index is 2.24. The number of aliphatic hydroxyl groups is 1. The summed E-state index contributed by atoms with van der Waals surface area (Å²) in [7, 11) is 5.41. The maximum Gasteiger partial charge on any atom is 0.295 e. The van der Waals surface area contributed by atoms with Crippen LogP contribution in [0.5, 0.6) is 0 Å². The molecule has 7 nitrogen and oxygen atoms in total. The summed E-state index contributed by atoms with van der Waals surface area (Å²) in [5.74, 6) is -2.44. The Morgan fingerprint density at radius 1 is 1.24 bits per heavy atom. The van der Waals surface area contributed by atoms with E-state index in [4.69, 9.17) is 0 Å². The molecule has 2 heterocycles. The minimum absolute atomic E-state index is 0.113. The number of benzene rings is 1. The number of rotatable bonds is 5. The van der Waals surface area contributed by atoms with Gasteiger partial charge in [0.1, 0.15) is 11.6 Å². The van der Waals surface area contributed by atoms with E-state index in [1.54, 1.807) is 37.7 Å². The molecule has 3 rings (SSSR count). The molecule has 8 heteroatoms. The Hall–Kier alpha value is -3.00. The zero-order valence-electron chi connectivity index (χ0n) is 17.2. The number of hydrogen-bond donors (Lipinski definition) is 1. The minimum Gasteiger partial charge on any atom is -0.507 e. The van der Waals surface area contributed by atoms with E-state index in [0.717, 1.165) is 0 Å². The summed E-state index contributed by atoms with van der Waals surface area (Å²) in [6.45, 7) is 4.18. The second kappa shape index (κ2) is 7.79. The quantitative estimate of drug-likeness (QED) is 0.473. The normalized spacial score (nSPS) is 18.9. The van der Waals surface area contributed by atoms with Crippen LogP contribution in [0.1, 0.15) is 28.6 Å². The first-order valence-electron chi connectivity index (χ1n) is 9.33. The molecule has 0 spiro atoms. The number of Topliss-reactive ketones (excluding diaryl/α,β-unsaturated/α-hetero) is 1. The van der Waals surface area contributed by atoms with Gasteiger partial charge < -0.3 is 14.9 Å². The van der Waals surface area contributed by atoms with Crippen molar-refractivity contribution in [2.75, 3.05) is 27.2 Å². The summed E-state index contributed by atoms with van der Waals surface area (Å²) in [5, 5.41) is 15.4. The van der Waals surface area contributed by atoms with Crippen molar-refractivity contribution in [3.8, 4) is 0 Å². The number of ketones is 1. The van der Waals surface area contributed by atoms with Gasteiger partial charge in [-0.05, 0) is 34.0 Å². The van der Waals surface area contributed by atoms with Crippen LogP contribution in [0.4, 0.5) is 4.39 Å². The van der Waals surface area contributed by atoms with Gasteiger partial charge in [-0.2, -0.15) is 5.10 Å². The maximum atomic E-state index is 14.7. The third kappa shape index (κ3) is 3.55. The molecule has 1 saturated heterocycles. The molecule has 1 N–H and O–H groups in total. The average molecular weight is 400 g/mol. The minimum atomic E-state index is -1.00. The molecule has 0 radical (unpaired) electrons. The number of likely N-dealkylation sites (N-methyl/N-ethyl adjacent to an activating group) is 1. The van der Waals surface area contributed by atoms with Crippen LogP contribution >= 0.6 is 0 Å². The molecule has 29 heavy (non-hydrogen) atoms. The number of hydrogen-bond acceptors (Lipinski definition) is 5. The van der Waals surface area contributed by atoms with Gasteiger partial charge in [0.15, 0.2) is 0 Å². The van der Waals surface area contributed by atoms with Crippen molar-refractivity contribution < 1.29 is 19.1 Å². The molecule has 1 atom stereocenters. The van der Waals surface area contributed by atoms with Crippen molar-refractivity contribution in [3.05, 3.63) is 58.2 Å². The van der Waals surface area contributed by atoms with Crippen molar-refractivity contribution in [2.24, 2.45) is 7.05 Å². The third-order valence-electron chi connectivity index (χ3n) is 5.27. The van der Waals surface area contributed by atoms with Crippen molar-refractivity contribution in [1.29, 1.82) is 0 Å². The van der Waals surface area contributed by atoms with Gasteiger partial charge in [-0.3, -0.25) is 14.3 Å². The summed E-state index contributed by atoms with van der Waals surface area (Å²) in [6, 6.07) is 4.99. The second-order valence-electron chi connectivity index (χ2n) is 7.49. The molecule has 1 amide bonds. The molecule has 1 aromatic heterocycles. The van der Waals surface area contributed by atoms with Crippen molar-refractivity contribution >= 4 is 17.4 Å². The highest BCUT2D eigenvalue weighted by Gasteiger charge is 2.47. The second-order valence-corrected chi connectivity index (χ2v) is 7.49. The summed E-state index contributed by atoms with van der Waals surface area (Å²) >= 11 is 0. The molecule has 1 aromatic carbocycles. The lowest BCUT2D eigenvalue weighted by atomic mass is 9.94. The largest absolute Gasteiger partial charge is 0.507 e. The van der Waals surface area contributed by atoms with Gasteiger partial charge in [0.05, 0.1) is 22.9 Å². The molecule has 0 unspecified atom stereocenters. The SMILES string of the molecule is Cc1nn(C)c(C)c1/C(O)=C1\C(=O)C(=O)N(CCN(C)C)[C@H]1c1ccccc1F. The highest BCUT2D eigenvalue weighted by Crippen LogP contribution is 2.40. The summed E-state index contributed by atoms with van der Waals surface area (Å²) in [5.41, 5.74) is 1.62. The van der Waals surface area contributed by atoms with E-state index < -0.39 is 23.5 Å². The van der Waals surface area contributed by atoms with Crippen molar-refractivity contribution in [2.45, 2.75) is 19.9 Å². The topological polar surface area (TPSA) is 78.7 Å². The summed E-state index contributed by atoms with van der Waals surface area (Å²) in [6.07, 6.45) is 0. The molecule has 0 aliphatic carbocycles. The Morgan fingerprint density at radius 3 is 2.45 bits per heavy atom. The standard InChI is InChI=1S/C21H25FN4O3/c1-12-16(13(2)25(5)23-12)19(27)17-18(14-8-6-7-9-15(14)22)26(11-10-24(3)4)21(29)20(17)28/h6-9,18,27H,10-11H2,1-5H3/b19-17+/t18-/m0/s1. The van der Waals surface area contributed by atoms with E-state index in [1.165, 1.54) is 17.0 Å².